The molecule has 0 aromatic rings. The molecule has 1 spiro atoms. The molecule has 0 unspecified atom stereocenters. The van der Waals surface area contributed by atoms with Crippen LogP contribution in [0.3, 0.4) is 0 Å². The summed E-state index contributed by atoms with van der Waals surface area (Å²) in [6, 6.07) is 0. The van der Waals surface area contributed by atoms with Crippen molar-refractivity contribution in [2.24, 2.45) is 17.3 Å². The Bertz CT molecular complexity index is 121. The Kier molecular flexibility index (Phi) is 0.427. The van der Waals surface area contributed by atoms with Crippen molar-refractivity contribution in [3.05, 3.63) is 0 Å². The van der Waals surface area contributed by atoms with E-state index in [9.17, 15) is 0 Å². The molecule has 0 nitrogen and oxygen atoms in total. The van der Waals surface area contributed by atoms with E-state index in [4.69, 9.17) is 0 Å². The molecule has 2 atom stereocenters. The largest absolute Gasteiger partial charge is 0.0493 e. The van der Waals surface area contributed by atoms with Crippen LogP contribution < -0.4 is 0 Å². The van der Waals surface area contributed by atoms with Crippen LogP contribution in [-0.4, -0.2) is 0 Å². The SMILES string of the molecule is C1CC23CC[C@H]2C[C@H]13. The van der Waals surface area contributed by atoms with Gasteiger partial charge in [0.2, 0.25) is 0 Å². The Morgan fingerprint density at radius 3 is 1.62 bits per heavy atom. The van der Waals surface area contributed by atoms with Gasteiger partial charge in [-0.1, -0.05) is 0 Å². The summed E-state index contributed by atoms with van der Waals surface area (Å²) in [7, 11) is 0. The third-order valence-corrected chi connectivity index (χ3v) is 4.11. The zero-order valence-electron chi connectivity index (χ0n) is 5.19. The van der Waals surface area contributed by atoms with Crippen LogP contribution in [-0.2, 0) is 0 Å². The van der Waals surface area contributed by atoms with Crippen LogP contribution >= 0.6 is 0 Å². The van der Waals surface area contributed by atoms with Crippen LogP contribution in [0, 0.1) is 17.3 Å². The van der Waals surface area contributed by atoms with Gasteiger partial charge in [-0.15, -0.1) is 0 Å². The summed E-state index contributed by atoms with van der Waals surface area (Å²) in [4.78, 5) is 0. The van der Waals surface area contributed by atoms with E-state index in [1.807, 2.05) is 0 Å². The number of hydrogen-bond donors (Lipinski definition) is 0. The molecular weight excluding hydrogens is 96.1 g/mol. The van der Waals surface area contributed by atoms with Crippen molar-refractivity contribution < 1.29 is 0 Å². The Morgan fingerprint density at radius 2 is 1.62 bits per heavy atom. The highest BCUT2D eigenvalue weighted by Crippen LogP contribution is 2.74. The molecule has 3 fully saturated rings. The Labute approximate surface area is 50.3 Å². The molecule has 0 aliphatic heterocycles. The van der Waals surface area contributed by atoms with E-state index in [0.717, 1.165) is 5.41 Å². The number of hydrogen-bond acceptors (Lipinski definition) is 0. The third kappa shape index (κ3) is 0.191. The van der Waals surface area contributed by atoms with Gasteiger partial charge in [0.15, 0.2) is 0 Å². The monoisotopic (exact) mass is 108 g/mol. The molecule has 0 radical (unpaired) electrons. The Morgan fingerprint density at radius 1 is 1.00 bits per heavy atom. The molecule has 0 aromatic heterocycles. The van der Waals surface area contributed by atoms with Gasteiger partial charge in [-0.2, -0.15) is 0 Å². The van der Waals surface area contributed by atoms with Crippen LogP contribution in [0.4, 0.5) is 0 Å². The van der Waals surface area contributed by atoms with Crippen molar-refractivity contribution in [1.29, 1.82) is 0 Å². The fraction of sp³-hybridized carbons (Fsp3) is 1.00. The van der Waals surface area contributed by atoms with Gasteiger partial charge >= 0.3 is 0 Å². The van der Waals surface area contributed by atoms with Gasteiger partial charge in [0.1, 0.15) is 0 Å². The minimum absolute atomic E-state index is 1.00. The van der Waals surface area contributed by atoms with Crippen molar-refractivity contribution in [1.82, 2.24) is 0 Å². The lowest BCUT2D eigenvalue weighted by molar-refractivity contribution is -0.214. The summed E-state index contributed by atoms with van der Waals surface area (Å²) in [5.74, 6) is 2.45. The second-order valence-electron chi connectivity index (χ2n) is 3.94. The van der Waals surface area contributed by atoms with Crippen molar-refractivity contribution in [2.45, 2.75) is 32.1 Å². The molecule has 0 amide bonds. The lowest BCUT2D eigenvalue weighted by Gasteiger charge is -2.71. The number of rotatable bonds is 0. The molecule has 0 heterocycles. The maximum atomic E-state index is 1.61. The standard InChI is InChI=1S/C8H12/c1-3-8-4-2-7(8)5-6(1)8/h6-7H,1-5H2/t6-,7-,8?/m0/s1. The molecule has 0 aromatic carbocycles. The highest BCUT2D eigenvalue weighted by atomic mass is 14.7. The van der Waals surface area contributed by atoms with E-state index in [0.29, 0.717) is 0 Å². The Balaban J connectivity index is 1.96. The van der Waals surface area contributed by atoms with Gasteiger partial charge < -0.3 is 0 Å². The molecule has 3 saturated carbocycles. The molecule has 3 rings (SSSR count). The predicted molar refractivity (Wildman–Crippen MR) is 32.5 cm³/mol. The van der Waals surface area contributed by atoms with Gasteiger partial charge in [-0.3, -0.25) is 0 Å². The zero-order valence-corrected chi connectivity index (χ0v) is 5.19. The molecule has 8 heavy (non-hydrogen) atoms. The highest BCUT2D eigenvalue weighted by Gasteiger charge is 2.64. The van der Waals surface area contributed by atoms with E-state index < -0.39 is 0 Å². The minimum atomic E-state index is 1.00. The van der Waals surface area contributed by atoms with Crippen LogP contribution in [0.2, 0.25) is 0 Å². The fourth-order valence-electron chi connectivity index (χ4n) is 3.19. The average molecular weight is 108 g/mol. The zero-order chi connectivity index (χ0) is 5.19. The second-order valence-corrected chi connectivity index (χ2v) is 3.94. The van der Waals surface area contributed by atoms with Gasteiger partial charge in [0, 0.05) is 0 Å². The first-order chi connectivity index (χ1) is 3.92. The van der Waals surface area contributed by atoms with Crippen molar-refractivity contribution in [3.63, 3.8) is 0 Å². The Hall–Kier alpha value is 0. The van der Waals surface area contributed by atoms with E-state index in [1.165, 1.54) is 11.8 Å². The van der Waals surface area contributed by atoms with E-state index in [1.54, 1.807) is 32.1 Å². The highest BCUT2D eigenvalue weighted by molar-refractivity contribution is 5.14. The summed E-state index contributed by atoms with van der Waals surface area (Å²) in [5.41, 5.74) is 1.00. The summed E-state index contributed by atoms with van der Waals surface area (Å²) in [6.45, 7) is 0. The summed E-state index contributed by atoms with van der Waals surface area (Å²) in [5, 5.41) is 0. The van der Waals surface area contributed by atoms with Crippen LogP contribution in [0.1, 0.15) is 32.1 Å². The van der Waals surface area contributed by atoms with Gasteiger partial charge in [-0.05, 0) is 49.4 Å². The second kappa shape index (κ2) is 0.872. The first-order valence-corrected chi connectivity index (χ1v) is 3.92. The molecule has 44 valence electrons. The van der Waals surface area contributed by atoms with E-state index in [-0.39, 0.29) is 0 Å². The van der Waals surface area contributed by atoms with Crippen molar-refractivity contribution in [2.75, 3.05) is 0 Å². The van der Waals surface area contributed by atoms with Crippen LogP contribution in [0.5, 0.6) is 0 Å². The predicted octanol–water partition coefficient (Wildman–Crippen LogP) is 2.20. The first-order valence-electron chi connectivity index (χ1n) is 3.92. The molecule has 0 heteroatoms. The molecule has 0 saturated heterocycles. The topological polar surface area (TPSA) is 0 Å². The van der Waals surface area contributed by atoms with Crippen molar-refractivity contribution in [3.8, 4) is 0 Å². The van der Waals surface area contributed by atoms with Crippen LogP contribution in [0.25, 0.3) is 0 Å². The molecule has 3 aliphatic carbocycles. The normalized spacial score (nSPS) is 66.0. The third-order valence-electron chi connectivity index (χ3n) is 4.11. The molecule has 3 aliphatic rings. The minimum Gasteiger partial charge on any atom is -0.0493 e. The van der Waals surface area contributed by atoms with E-state index in [2.05, 4.69) is 0 Å². The van der Waals surface area contributed by atoms with Gasteiger partial charge in [0.05, 0.1) is 0 Å². The van der Waals surface area contributed by atoms with E-state index >= 15 is 0 Å². The molecule has 0 N–H and O–H groups in total. The fourth-order valence-corrected chi connectivity index (χ4v) is 3.19. The quantitative estimate of drug-likeness (QED) is 0.446. The van der Waals surface area contributed by atoms with Crippen molar-refractivity contribution >= 4 is 0 Å². The summed E-state index contributed by atoms with van der Waals surface area (Å²) in [6.07, 6.45) is 7.97. The molecule has 0 bridgehead atoms. The lowest BCUT2D eigenvalue weighted by atomic mass is 9.34. The summed E-state index contributed by atoms with van der Waals surface area (Å²) < 4.78 is 0. The smallest absolute Gasteiger partial charge is 0.0240 e. The van der Waals surface area contributed by atoms with Gasteiger partial charge in [0.25, 0.3) is 0 Å². The van der Waals surface area contributed by atoms with Gasteiger partial charge in [-0.25, -0.2) is 0 Å². The first kappa shape index (κ1) is 3.92. The summed E-state index contributed by atoms with van der Waals surface area (Å²) >= 11 is 0. The maximum Gasteiger partial charge on any atom is -0.0240 e. The maximum absolute atomic E-state index is 1.61. The average Bonchev–Trinajstić information content (AvgIpc) is 1.62. The molecular formula is C8H12. The van der Waals surface area contributed by atoms with Crippen LogP contribution in [0.15, 0.2) is 0 Å². The lowest BCUT2D eigenvalue weighted by Crippen LogP contribution is -2.62.